The van der Waals surface area contributed by atoms with Gasteiger partial charge in [-0.1, -0.05) is 48.1 Å². The van der Waals surface area contributed by atoms with E-state index in [1.54, 1.807) is 7.05 Å². The van der Waals surface area contributed by atoms with Crippen LogP contribution >= 0.6 is 0 Å². The lowest BCUT2D eigenvalue weighted by molar-refractivity contribution is 0.482. The number of hydrogen-bond donors (Lipinski definition) is 4. The minimum Gasteiger partial charge on any atom is -0.457 e. The maximum Gasteiger partial charge on any atom is 0.127 e. The third kappa shape index (κ3) is 4.56. The highest BCUT2D eigenvalue weighted by Crippen LogP contribution is 2.32. The van der Waals surface area contributed by atoms with Crippen molar-refractivity contribution in [2.45, 2.75) is 24.9 Å². The van der Waals surface area contributed by atoms with Crippen LogP contribution in [-0.2, 0) is 0 Å². The van der Waals surface area contributed by atoms with Gasteiger partial charge in [0.1, 0.15) is 17.3 Å². The smallest absolute Gasteiger partial charge is 0.127 e. The first-order chi connectivity index (χ1) is 15.6. The lowest BCUT2D eigenvalue weighted by Crippen LogP contribution is -2.44. The van der Waals surface area contributed by atoms with E-state index in [9.17, 15) is 0 Å². The Bertz CT molecular complexity index is 1100. The summed E-state index contributed by atoms with van der Waals surface area (Å²) in [4.78, 5) is 4.80. The van der Waals surface area contributed by atoms with Gasteiger partial charge in [-0.15, -0.1) is 0 Å². The average Bonchev–Trinajstić information content (AvgIpc) is 2.84. The van der Waals surface area contributed by atoms with Gasteiger partial charge in [-0.05, 0) is 48.2 Å². The third-order valence-corrected chi connectivity index (χ3v) is 5.81. The molecule has 2 atom stereocenters. The van der Waals surface area contributed by atoms with E-state index in [0.717, 1.165) is 46.6 Å². The number of nitrogens with zero attached hydrogens (tertiary/aromatic N) is 1. The lowest BCUT2D eigenvalue weighted by Gasteiger charge is -2.31. The molecule has 2 unspecified atom stereocenters. The highest BCUT2D eigenvalue weighted by atomic mass is 16.5. The average molecular weight is 428 g/mol. The van der Waals surface area contributed by atoms with Gasteiger partial charge in [0.05, 0.1) is 12.1 Å². The Kier molecular flexibility index (Phi) is 6.63. The normalized spacial score (nSPS) is 20.5. The van der Waals surface area contributed by atoms with Crippen LogP contribution in [0.4, 0.5) is 0 Å². The van der Waals surface area contributed by atoms with Crippen LogP contribution in [0, 0.1) is 5.41 Å². The zero-order valence-electron chi connectivity index (χ0n) is 18.2. The Morgan fingerprint density at radius 1 is 1.12 bits per heavy atom. The summed E-state index contributed by atoms with van der Waals surface area (Å²) in [5, 5.41) is 11.5. The van der Waals surface area contributed by atoms with Crippen molar-refractivity contribution in [3.8, 4) is 11.5 Å². The molecule has 1 heterocycles. The molecule has 4 rings (SSSR count). The summed E-state index contributed by atoms with van der Waals surface area (Å²) in [5.41, 5.74) is 17.4. The number of dihydropyridines is 1. The summed E-state index contributed by atoms with van der Waals surface area (Å²) in [6.07, 6.45) is 8.06. The van der Waals surface area contributed by atoms with E-state index in [2.05, 4.69) is 17.5 Å². The monoisotopic (exact) mass is 427 g/mol. The number of para-hydroxylation sites is 1. The highest BCUT2D eigenvalue weighted by Gasteiger charge is 2.31. The lowest BCUT2D eigenvalue weighted by atomic mass is 9.83. The topological polar surface area (TPSA) is 110 Å². The van der Waals surface area contributed by atoms with Gasteiger partial charge in [-0.25, -0.2) is 0 Å². The first-order valence-corrected chi connectivity index (χ1v) is 10.8. The molecule has 1 aliphatic heterocycles. The third-order valence-electron chi connectivity index (χ3n) is 5.81. The SMILES string of the molecule is CNC(=N)C1=C(c2ccc(Oc3ccccc3)cc2)C=NC(C2=CCCC(CN)=C2)C1N. The molecule has 0 saturated heterocycles. The van der Waals surface area contributed by atoms with Crippen molar-refractivity contribution in [2.24, 2.45) is 16.5 Å². The van der Waals surface area contributed by atoms with Crippen LogP contribution in [0.3, 0.4) is 0 Å². The number of aliphatic imine (C=N–C) groups is 1. The number of likely N-dealkylation sites (N-methyl/N-ethyl adjacent to an activating group) is 1. The maximum absolute atomic E-state index is 8.52. The fourth-order valence-electron chi connectivity index (χ4n) is 4.10. The van der Waals surface area contributed by atoms with Crippen LogP contribution in [0.15, 0.2) is 88.5 Å². The molecular weight excluding hydrogens is 398 g/mol. The van der Waals surface area contributed by atoms with Gasteiger partial charge in [-0.3, -0.25) is 10.4 Å². The van der Waals surface area contributed by atoms with Crippen molar-refractivity contribution in [1.82, 2.24) is 5.32 Å². The Hall–Kier alpha value is -3.48. The first-order valence-electron chi connectivity index (χ1n) is 10.8. The summed E-state index contributed by atoms with van der Waals surface area (Å²) in [7, 11) is 1.74. The summed E-state index contributed by atoms with van der Waals surface area (Å²) >= 11 is 0. The number of hydrogen-bond acceptors (Lipinski definition) is 5. The maximum atomic E-state index is 8.52. The van der Waals surface area contributed by atoms with Crippen LogP contribution in [-0.4, -0.2) is 37.7 Å². The number of benzene rings is 2. The van der Waals surface area contributed by atoms with Gasteiger partial charge in [-0.2, -0.15) is 0 Å². The molecule has 0 bridgehead atoms. The Morgan fingerprint density at radius 2 is 1.84 bits per heavy atom. The molecule has 0 spiro atoms. The predicted octanol–water partition coefficient (Wildman–Crippen LogP) is 3.81. The Morgan fingerprint density at radius 3 is 2.53 bits per heavy atom. The molecule has 2 aromatic rings. The van der Waals surface area contributed by atoms with E-state index in [1.165, 1.54) is 5.57 Å². The number of amidine groups is 1. The van der Waals surface area contributed by atoms with Crippen molar-refractivity contribution >= 4 is 17.6 Å². The Labute approximate surface area is 188 Å². The standard InChI is InChI=1S/C26H29N5O/c1-30-26(29)23-22(16-31-25(24(23)28)19-7-5-6-17(14-19)15-27)18-10-12-21(13-11-18)32-20-8-3-2-4-9-20/h2-4,7-14,16,24-25H,5-6,15,27-28H2,1H3,(H2,29,30). The molecule has 2 aromatic carbocycles. The summed E-state index contributed by atoms with van der Waals surface area (Å²) in [6.45, 7) is 0.542. The molecule has 6 N–H and O–H groups in total. The molecule has 164 valence electrons. The van der Waals surface area contributed by atoms with Crippen molar-refractivity contribution in [1.29, 1.82) is 5.41 Å². The second-order valence-electron chi connectivity index (χ2n) is 7.89. The van der Waals surface area contributed by atoms with Crippen LogP contribution in [0.5, 0.6) is 11.5 Å². The number of nitrogens with two attached hydrogens (primary N) is 2. The predicted molar refractivity (Wildman–Crippen MR) is 131 cm³/mol. The van der Waals surface area contributed by atoms with E-state index in [-0.39, 0.29) is 6.04 Å². The molecular formula is C26H29N5O. The number of allylic oxidation sites excluding steroid dienone is 2. The fourth-order valence-corrected chi connectivity index (χ4v) is 4.10. The second kappa shape index (κ2) is 9.77. The molecule has 1 aliphatic carbocycles. The van der Waals surface area contributed by atoms with Gasteiger partial charge in [0.2, 0.25) is 0 Å². The minimum absolute atomic E-state index is 0.231. The summed E-state index contributed by atoms with van der Waals surface area (Å²) in [5.74, 6) is 1.83. The largest absolute Gasteiger partial charge is 0.457 e. The summed E-state index contributed by atoms with van der Waals surface area (Å²) < 4.78 is 5.90. The molecule has 2 aliphatic rings. The minimum atomic E-state index is -0.435. The van der Waals surface area contributed by atoms with E-state index < -0.39 is 6.04 Å². The molecule has 6 nitrogen and oxygen atoms in total. The van der Waals surface area contributed by atoms with Crippen LogP contribution in [0.25, 0.3) is 5.57 Å². The van der Waals surface area contributed by atoms with Crippen LogP contribution < -0.4 is 21.5 Å². The second-order valence-corrected chi connectivity index (χ2v) is 7.89. The van der Waals surface area contributed by atoms with Gasteiger partial charge in [0.15, 0.2) is 0 Å². The molecule has 0 amide bonds. The quantitative estimate of drug-likeness (QED) is 0.415. The number of nitrogens with one attached hydrogen (secondary N) is 2. The summed E-state index contributed by atoms with van der Waals surface area (Å²) in [6, 6.07) is 16.8. The molecule has 0 radical (unpaired) electrons. The first kappa shape index (κ1) is 21.7. The van der Waals surface area contributed by atoms with Crippen molar-refractivity contribution in [3.05, 3.63) is 89.0 Å². The van der Waals surface area contributed by atoms with E-state index in [0.29, 0.717) is 12.4 Å². The molecule has 32 heavy (non-hydrogen) atoms. The van der Waals surface area contributed by atoms with Crippen LogP contribution in [0.1, 0.15) is 18.4 Å². The van der Waals surface area contributed by atoms with E-state index in [4.69, 9.17) is 26.6 Å². The van der Waals surface area contributed by atoms with Crippen molar-refractivity contribution < 1.29 is 4.74 Å². The molecule has 6 heteroatoms. The Balaban J connectivity index is 1.63. The fraction of sp³-hybridized carbons (Fsp3) is 0.231. The number of ether oxygens (including phenoxy) is 1. The molecule has 0 saturated carbocycles. The van der Waals surface area contributed by atoms with Gasteiger partial charge in [0.25, 0.3) is 0 Å². The van der Waals surface area contributed by atoms with Crippen molar-refractivity contribution in [2.75, 3.05) is 13.6 Å². The highest BCUT2D eigenvalue weighted by molar-refractivity contribution is 6.21. The van der Waals surface area contributed by atoms with Crippen LogP contribution in [0.2, 0.25) is 0 Å². The zero-order chi connectivity index (χ0) is 22.5. The van der Waals surface area contributed by atoms with Gasteiger partial charge >= 0.3 is 0 Å². The molecule has 0 fully saturated rings. The van der Waals surface area contributed by atoms with Gasteiger partial charge < -0.3 is 21.5 Å². The number of rotatable bonds is 6. The zero-order valence-corrected chi connectivity index (χ0v) is 18.2. The van der Waals surface area contributed by atoms with Gasteiger partial charge in [0, 0.05) is 31.0 Å². The van der Waals surface area contributed by atoms with E-state index in [1.807, 2.05) is 60.8 Å². The van der Waals surface area contributed by atoms with Crippen molar-refractivity contribution in [3.63, 3.8) is 0 Å². The molecule has 0 aromatic heterocycles. The van der Waals surface area contributed by atoms with E-state index >= 15 is 0 Å².